The maximum Gasteiger partial charge on any atom is 0.235 e. The minimum atomic E-state index is -0.511. The van der Waals surface area contributed by atoms with E-state index in [2.05, 4.69) is 49.1 Å². The Labute approximate surface area is 209 Å². The van der Waals surface area contributed by atoms with Crippen molar-refractivity contribution in [2.45, 2.75) is 33.2 Å². The number of anilines is 1. The first-order valence-corrected chi connectivity index (χ1v) is 12.4. The molecule has 1 atom stereocenters. The standard InChI is InChI=1S/C27H31FN6O2/c1-4-33-11-13-34(14-12-33)20-7-5-19(6-8-20)32-26-24(18(3)35)27(30-16-29-26)36-23-10-9-22-21(25(23)28)15-17(2)31-22/h5-7,9-10,15-16,20,31H,4,8,11-14H2,1-3H3,(H,29,30,32). The molecule has 9 heteroatoms. The highest BCUT2D eigenvalue weighted by atomic mass is 19.1. The molecule has 1 aromatic carbocycles. The SMILES string of the molecule is CCN1CCN(C2C=CC(Nc3ncnc(Oc4ccc5[nH]c(C)cc5c4F)c3C(C)=O)=CC2)CC1. The third-order valence-corrected chi connectivity index (χ3v) is 6.87. The number of aromatic nitrogens is 3. The number of nitrogens with zero attached hydrogens (tertiary/aromatic N) is 4. The molecule has 0 saturated carbocycles. The van der Waals surface area contributed by atoms with Crippen LogP contribution >= 0.6 is 0 Å². The van der Waals surface area contributed by atoms with Crippen LogP contribution in [0.5, 0.6) is 11.6 Å². The number of benzene rings is 1. The number of allylic oxidation sites excluding steroid dienone is 1. The number of halogens is 1. The van der Waals surface area contributed by atoms with Gasteiger partial charge in [0.2, 0.25) is 5.88 Å². The molecule has 0 amide bonds. The average Bonchev–Trinajstić information content (AvgIpc) is 3.27. The molecule has 0 radical (unpaired) electrons. The third-order valence-electron chi connectivity index (χ3n) is 6.87. The highest BCUT2D eigenvalue weighted by Crippen LogP contribution is 2.33. The number of ether oxygens (including phenoxy) is 1. The van der Waals surface area contributed by atoms with Gasteiger partial charge in [0.25, 0.3) is 0 Å². The van der Waals surface area contributed by atoms with Crippen molar-refractivity contribution in [3.8, 4) is 11.6 Å². The molecule has 1 fully saturated rings. The average molecular weight is 491 g/mol. The Morgan fingerprint density at radius 3 is 2.75 bits per heavy atom. The molecule has 2 aliphatic rings. The van der Waals surface area contributed by atoms with Gasteiger partial charge >= 0.3 is 0 Å². The molecular weight excluding hydrogens is 459 g/mol. The monoisotopic (exact) mass is 490 g/mol. The number of aryl methyl sites for hydroxylation is 1. The van der Waals surface area contributed by atoms with Gasteiger partial charge in [0.1, 0.15) is 17.7 Å². The van der Waals surface area contributed by atoms with E-state index in [9.17, 15) is 4.79 Å². The van der Waals surface area contributed by atoms with Gasteiger partial charge in [0, 0.05) is 54.5 Å². The van der Waals surface area contributed by atoms with Crippen LogP contribution in [0.3, 0.4) is 0 Å². The van der Waals surface area contributed by atoms with Gasteiger partial charge in [-0.05, 0) is 51.1 Å². The van der Waals surface area contributed by atoms with E-state index in [-0.39, 0.29) is 23.0 Å². The fraction of sp³-hybridized carbons (Fsp3) is 0.370. The summed E-state index contributed by atoms with van der Waals surface area (Å²) >= 11 is 0. The Hall–Kier alpha value is -3.56. The van der Waals surface area contributed by atoms with Crippen LogP contribution in [0.15, 0.2) is 48.5 Å². The van der Waals surface area contributed by atoms with Crippen LogP contribution in [0.25, 0.3) is 10.9 Å². The summed E-state index contributed by atoms with van der Waals surface area (Å²) in [7, 11) is 0. The summed E-state index contributed by atoms with van der Waals surface area (Å²) in [6.45, 7) is 10.9. The zero-order chi connectivity index (χ0) is 25.2. The summed E-state index contributed by atoms with van der Waals surface area (Å²) in [4.78, 5) is 29.1. The van der Waals surface area contributed by atoms with Gasteiger partial charge in [0.05, 0.1) is 0 Å². The number of ketones is 1. The number of nitrogens with one attached hydrogen (secondary N) is 2. The number of piperazine rings is 1. The molecule has 1 saturated heterocycles. The second-order valence-electron chi connectivity index (χ2n) is 9.27. The summed E-state index contributed by atoms with van der Waals surface area (Å²) in [5.74, 6) is -0.450. The quantitative estimate of drug-likeness (QED) is 0.466. The lowest BCUT2D eigenvalue weighted by atomic mass is 10.0. The largest absolute Gasteiger partial charge is 0.435 e. The molecule has 2 N–H and O–H groups in total. The molecular formula is C27H31FN6O2. The molecule has 2 aromatic heterocycles. The lowest BCUT2D eigenvalue weighted by Crippen LogP contribution is -2.49. The zero-order valence-electron chi connectivity index (χ0n) is 20.8. The van der Waals surface area contributed by atoms with Crippen LogP contribution in [0.4, 0.5) is 10.2 Å². The summed E-state index contributed by atoms with van der Waals surface area (Å²) in [5, 5.41) is 3.66. The first-order valence-electron chi connectivity index (χ1n) is 12.4. The maximum atomic E-state index is 15.1. The van der Waals surface area contributed by atoms with Gasteiger partial charge in [0.15, 0.2) is 17.3 Å². The Morgan fingerprint density at radius 2 is 2.06 bits per heavy atom. The topological polar surface area (TPSA) is 86.4 Å². The van der Waals surface area contributed by atoms with E-state index in [0.717, 1.165) is 50.5 Å². The lowest BCUT2D eigenvalue weighted by molar-refractivity contribution is 0.101. The van der Waals surface area contributed by atoms with Gasteiger partial charge in [-0.2, -0.15) is 0 Å². The molecule has 5 rings (SSSR count). The Bertz CT molecular complexity index is 1340. The lowest BCUT2D eigenvalue weighted by Gasteiger charge is -2.38. The predicted molar refractivity (Wildman–Crippen MR) is 138 cm³/mol. The highest BCUT2D eigenvalue weighted by molar-refractivity contribution is 6.01. The number of hydrogen-bond acceptors (Lipinski definition) is 7. The van der Waals surface area contributed by atoms with Gasteiger partial charge in [-0.3, -0.25) is 9.69 Å². The Kier molecular flexibility index (Phi) is 6.84. The van der Waals surface area contributed by atoms with E-state index in [4.69, 9.17) is 4.74 Å². The van der Waals surface area contributed by atoms with E-state index < -0.39 is 5.82 Å². The fourth-order valence-corrected chi connectivity index (χ4v) is 4.85. The molecule has 188 valence electrons. The van der Waals surface area contributed by atoms with Crippen LogP contribution in [-0.2, 0) is 0 Å². The molecule has 1 aliphatic carbocycles. The van der Waals surface area contributed by atoms with Crippen LogP contribution in [0.1, 0.15) is 36.3 Å². The maximum absolute atomic E-state index is 15.1. The Balaban J connectivity index is 1.33. The van der Waals surface area contributed by atoms with Crippen LogP contribution in [0, 0.1) is 12.7 Å². The number of fused-ring (bicyclic) bond motifs is 1. The minimum absolute atomic E-state index is 0.00330. The van der Waals surface area contributed by atoms with Gasteiger partial charge in [-0.1, -0.05) is 19.1 Å². The summed E-state index contributed by atoms with van der Waals surface area (Å²) in [6, 6.07) is 5.35. The van der Waals surface area contributed by atoms with Gasteiger partial charge < -0.3 is 19.9 Å². The smallest absolute Gasteiger partial charge is 0.235 e. The molecule has 3 aromatic rings. The van der Waals surface area contributed by atoms with Crippen molar-refractivity contribution >= 4 is 22.5 Å². The number of likely N-dealkylation sites (N-methyl/N-ethyl adjacent to an activating group) is 1. The molecule has 0 bridgehead atoms. The van der Waals surface area contributed by atoms with Crippen molar-refractivity contribution in [3.05, 3.63) is 65.5 Å². The normalized spacial score (nSPS) is 18.9. The van der Waals surface area contributed by atoms with E-state index in [0.29, 0.717) is 22.8 Å². The molecule has 36 heavy (non-hydrogen) atoms. The van der Waals surface area contributed by atoms with Gasteiger partial charge in [-0.25, -0.2) is 14.4 Å². The van der Waals surface area contributed by atoms with Crippen LogP contribution in [-0.4, -0.2) is 69.3 Å². The number of carbonyl (C=O) groups excluding carboxylic acids is 1. The highest BCUT2D eigenvalue weighted by Gasteiger charge is 2.24. The molecule has 0 spiro atoms. The fourth-order valence-electron chi connectivity index (χ4n) is 4.85. The first kappa shape index (κ1) is 24.1. The molecule has 8 nitrogen and oxygen atoms in total. The minimum Gasteiger partial charge on any atom is -0.435 e. The number of Topliss-reactive ketones (excluding diaryl/α,β-unsaturated/α-hetero) is 1. The van der Waals surface area contributed by atoms with Crippen molar-refractivity contribution in [3.63, 3.8) is 0 Å². The van der Waals surface area contributed by atoms with Crippen molar-refractivity contribution in [2.24, 2.45) is 0 Å². The van der Waals surface area contributed by atoms with Crippen molar-refractivity contribution in [2.75, 3.05) is 38.0 Å². The molecule has 3 heterocycles. The summed E-state index contributed by atoms with van der Waals surface area (Å²) in [6.07, 6.45) is 8.51. The van der Waals surface area contributed by atoms with Crippen molar-refractivity contribution in [1.82, 2.24) is 24.8 Å². The van der Waals surface area contributed by atoms with E-state index in [1.165, 1.54) is 19.3 Å². The van der Waals surface area contributed by atoms with Gasteiger partial charge in [-0.15, -0.1) is 0 Å². The number of H-pyrrole nitrogens is 1. The number of hydrogen-bond donors (Lipinski definition) is 2. The number of aromatic amines is 1. The van der Waals surface area contributed by atoms with E-state index >= 15 is 4.39 Å². The van der Waals surface area contributed by atoms with E-state index in [1.807, 2.05) is 13.0 Å². The van der Waals surface area contributed by atoms with Crippen LogP contribution in [0.2, 0.25) is 0 Å². The summed E-state index contributed by atoms with van der Waals surface area (Å²) < 4.78 is 20.9. The van der Waals surface area contributed by atoms with Crippen LogP contribution < -0.4 is 10.1 Å². The third kappa shape index (κ3) is 4.89. The van der Waals surface area contributed by atoms with Crippen molar-refractivity contribution < 1.29 is 13.9 Å². The Morgan fingerprint density at radius 1 is 1.25 bits per heavy atom. The second kappa shape index (κ2) is 10.2. The molecule has 1 aliphatic heterocycles. The second-order valence-corrected chi connectivity index (χ2v) is 9.27. The number of rotatable bonds is 7. The van der Waals surface area contributed by atoms with Crippen molar-refractivity contribution in [1.29, 1.82) is 0 Å². The zero-order valence-corrected chi connectivity index (χ0v) is 20.8. The van der Waals surface area contributed by atoms with E-state index in [1.54, 1.807) is 12.1 Å². The number of carbonyl (C=O) groups is 1. The summed E-state index contributed by atoms with van der Waals surface area (Å²) in [5.41, 5.74) is 2.55. The molecule has 1 unspecified atom stereocenters. The predicted octanol–water partition coefficient (Wildman–Crippen LogP) is 4.66. The first-order chi connectivity index (χ1) is 17.4.